The van der Waals surface area contributed by atoms with Gasteiger partial charge < -0.3 is 20.5 Å². The van der Waals surface area contributed by atoms with Crippen LogP contribution in [0.5, 0.6) is 0 Å². The summed E-state index contributed by atoms with van der Waals surface area (Å²) >= 11 is 0. The number of rotatable bonds is 8. The van der Waals surface area contributed by atoms with Crippen LogP contribution in [0.2, 0.25) is 0 Å². The van der Waals surface area contributed by atoms with Crippen molar-refractivity contribution in [2.24, 2.45) is 10.4 Å². The van der Waals surface area contributed by atoms with E-state index in [0.29, 0.717) is 13.1 Å². The fraction of sp³-hybridized carbons (Fsp3) is 0.682. The predicted molar refractivity (Wildman–Crippen MR) is 112 cm³/mol. The highest BCUT2D eigenvalue weighted by atomic mass is 16.5. The topological polar surface area (TPSA) is 65.9 Å². The van der Waals surface area contributed by atoms with Gasteiger partial charge in [-0.1, -0.05) is 45.0 Å². The number of aliphatic hydroxyl groups excluding tert-OH is 1. The predicted octanol–water partition coefficient (Wildman–Crippen LogP) is 2.87. The van der Waals surface area contributed by atoms with Gasteiger partial charge in [0, 0.05) is 37.1 Å². The third-order valence-electron chi connectivity index (χ3n) is 5.64. The molecule has 1 aliphatic rings. The molecule has 1 heterocycles. The first-order valence-corrected chi connectivity index (χ1v) is 10.2. The molecule has 1 saturated heterocycles. The molecular weight excluding hydrogens is 338 g/mol. The normalized spacial score (nSPS) is 17.6. The molecule has 3 N–H and O–H groups in total. The number of hydrogen-bond acceptors (Lipinski definition) is 3. The Morgan fingerprint density at radius 3 is 2.37 bits per heavy atom. The molecule has 1 fully saturated rings. The van der Waals surface area contributed by atoms with Crippen molar-refractivity contribution >= 4 is 5.96 Å². The smallest absolute Gasteiger partial charge is 0.191 e. The summed E-state index contributed by atoms with van der Waals surface area (Å²) in [7, 11) is 0. The standard InChI is InChI=1S/C22H37N3O2/c1-5-18-7-9-19(10-8-18)21(3,4)15-24-20(23-6-2)25-16-22(17-26)11-13-27-14-12-22/h7-10,26H,5-6,11-17H2,1-4H3,(H2,23,24,25). The molecule has 152 valence electrons. The summed E-state index contributed by atoms with van der Waals surface area (Å²) in [6.45, 7) is 12.5. The van der Waals surface area contributed by atoms with E-state index < -0.39 is 0 Å². The lowest BCUT2D eigenvalue weighted by Gasteiger charge is -2.36. The summed E-state index contributed by atoms with van der Waals surface area (Å²) in [6.07, 6.45) is 2.82. The lowest BCUT2D eigenvalue weighted by Crippen LogP contribution is -2.47. The average Bonchev–Trinajstić information content (AvgIpc) is 2.71. The van der Waals surface area contributed by atoms with E-state index >= 15 is 0 Å². The van der Waals surface area contributed by atoms with Crippen LogP contribution < -0.4 is 10.6 Å². The number of hydrogen-bond donors (Lipinski definition) is 3. The fourth-order valence-electron chi connectivity index (χ4n) is 3.37. The summed E-state index contributed by atoms with van der Waals surface area (Å²) < 4.78 is 5.45. The Kier molecular flexibility index (Phi) is 8.11. The van der Waals surface area contributed by atoms with Gasteiger partial charge in [-0.2, -0.15) is 0 Å². The van der Waals surface area contributed by atoms with E-state index in [-0.39, 0.29) is 17.4 Å². The van der Waals surface area contributed by atoms with Crippen molar-refractivity contribution in [3.63, 3.8) is 0 Å². The van der Waals surface area contributed by atoms with Crippen LogP contribution in [0.15, 0.2) is 29.3 Å². The molecule has 0 aromatic heterocycles. The molecule has 0 aliphatic carbocycles. The lowest BCUT2D eigenvalue weighted by atomic mass is 9.81. The SMILES string of the molecule is CCNC(=NCC(C)(C)c1ccc(CC)cc1)NCC1(CO)CCOCC1. The minimum Gasteiger partial charge on any atom is -0.396 e. The zero-order chi connectivity index (χ0) is 19.8. The number of nitrogens with zero attached hydrogens (tertiary/aromatic N) is 1. The maximum Gasteiger partial charge on any atom is 0.191 e. The second kappa shape index (κ2) is 10.1. The summed E-state index contributed by atoms with van der Waals surface area (Å²) in [5.41, 5.74) is 2.51. The first kappa shape index (κ1) is 21.7. The monoisotopic (exact) mass is 375 g/mol. The van der Waals surface area contributed by atoms with Gasteiger partial charge in [-0.3, -0.25) is 4.99 Å². The molecule has 5 nitrogen and oxygen atoms in total. The van der Waals surface area contributed by atoms with Gasteiger partial charge in [-0.25, -0.2) is 0 Å². The Hall–Kier alpha value is -1.59. The summed E-state index contributed by atoms with van der Waals surface area (Å²) in [4.78, 5) is 4.84. The van der Waals surface area contributed by atoms with Crippen LogP contribution in [0.4, 0.5) is 0 Å². The first-order chi connectivity index (χ1) is 12.9. The lowest BCUT2D eigenvalue weighted by molar-refractivity contribution is -0.0131. The molecule has 1 aromatic rings. The molecule has 0 unspecified atom stereocenters. The molecular formula is C22H37N3O2. The van der Waals surface area contributed by atoms with Crippen molar-refractivity contribution in [2.45, 2.75) is 52.4 Å². The average molecular weight is 376 g/mol. The van der Waals surface area contributed by atoms with Gasteiger partial charge in [0.25, 0.3) is 0 Å². The van der Waals surface area contributed by atoms with Crippen LogP contribution in [-0.2, 0) is 16.6 Å². The quantitative estimate of drug-likeness (QED) is 0.483. The Morgan fingerprint density at radius 1 is 1.15 bits per heavy atom. The fourth-order valence-corrected chi connectivity index (χ4v) is 3.37. The molecule has 1 aliphatic heterocycles. The second-order valence-electron chi connectivity index (χ2n) is 8.25. The van der Waals surface area contributed by atoms with Gasteiger partial charge in [0.05, 0.1) is 13.2 Å². The zero-order valence-electron chi connectivity index (χ0n) is 17.5. The Balaban J connectivity index is 2.02. The molecule has 0 radical (unpaired) electrons. The van der Waals surface area contributed by atoms with E-state index in [1.807, 2.05) is 0 Å². The van der Waals surface area contributed by atoms with E-state index in [1.54, 1.807) is 0 Å². The van der Waals surface area contributed by atoms with E-state index in [0.717, 1.165) is 45.0 Å². The van der Waals surface area contributed by atoms with E-state index in [4.69, 9.17) is 9.73 Å². The molecule has 0 saturated carbocycles. The van der Waals surface area contributed by atoms with Gasteiger partial charge in [-0.15, -0.1) is 0 Å². The van der Waals surface area contributed by atoms with Gasteiger partial charge in [-0.05, 0) is 37.3 Å². The van der Waals surface area contributed by atoms with Crippen molar-refractivity contribution < 1.29 is 9.84 Å². The molecule has 0 spiro atoms. The van der Waals surface area contributed by atoms with Gasteiger partial charge >= 0.3 is 0 Å². The second-order valence-corrected chi connectivity index (χ2v) is 8.25. The maximum atomic E-state index is 9.88. The Morgan fingerprint density at radius 2 is 1.81 bits per heavy atom. The van der Waals surface area contributed by atoms with Gasteiger partial charge in [0.1, 0.15) is 0 Å². The van der Waals surface area contributed by atoms with Gasteiger partial charge in [0.2, 0.25) is 0 Å². The Bertz CT molecular complexity index is 590. The van der Waals surface area contributed by atoms with Crippen molar-refractivity contribution in [1.29, 1.82) is 0 Å². The third kappa shape index (κ3) is 6.22. The number of guanidine groups is 1. The van der Waals surface area contributed by atoms with E-state index in [9.17, 15) is 5.11 Å². The van der Waals surface area contributed by atoms with Crippen LogP contribution in [0.25, 0.3) is 0 Å². The molecule has 5 heteroatoms. The van der Waals surface area contributed by atoms with Crippen LogP contribution in [0.3, 0.4) is 0 Å². The number of aryl methyl sites for hydroxylation is 1. The minimum atomic E-state index is -0.111. The van der Waals surface area contributed by atoms with Crippen molar-refractivity contribution in [2.75, 3.05) is 39.5 Å². The molecule has 27 heavy (non-hydrogen) atoms. The molecule has 0 amide bonds. The maximum absolute atomic E-state index is 9.88. The van der Waals surface area contributed by atoms with Crippen LogP contribution >= 0.6 is 0 Å². The van der Waals surface area contributed by atoms with Crippen LogP contribution in [0, 0.1) is 5.41 Å². The highest BCUT2D eigenvalue weighted by molar-refractivity contribution is 5.79. The van der Waals surface area contributed by atoms with Crippen molar-refractivity contribution in [3.8, 4) is 0 Å². The largest absolute Gasteiger partial charge is 0.396 e. The number of benzene rings is 1. The third-order valence-corrected chi connectivity index (χ3v) is 5.64. The highest BCUT2D eigenvalue weighted by Gasteiger charge is 2.32. The Labute approximate surface area is 164 Å². The number of aliphatic hydroxyl groups is 1. The molecule has 2 rings (SSSR count). The number of aliphatic imine (C=N–C) groups is 1. The summed E-state index contributed by atoms with van der Waals surface area (Å²) in [5, 5.41) is 16.7. The van der Waals surface area contributed by atoms with Gasteiger partial charge in [0.15, 0.2) is 5.96 Å². The van der Waals surface area contributed by atoms with Crippen LogP contribution in [-0.4, -0.2) is 50.5 Å². The van der Waals surface area contributed by atoms with Crippen molar-refractivity contribution in [3.05, 3.63) is 35.4 Å². The summed E-state index contributed by atoms with van der Waals surface area (Å²) in [6, 6.07) is 8.86. The summed E-state index contributed by atoms with van der Waals surface area (Å²) in [5.74, 6) is 0.815. The first-order valence-electron chi connectivity index (χ1n) is 10.2. The minimum absolute atomic E-state index is 0.0397. The van der Waals surface area contributed by atoms with E-state index in [2.05, 4.69) is 62.6 Å². The van der Waals surface area contributed by atoms with Crippen LogP contribution in [0.1, 0.15) is 51.7 Å². The van der Waals surface area contributed by atoms with E-state index in [1.165, 1.54) is 11.1 Å². The number of ether oxygens (including phenoxy) is 1. The number of nitrogens with one attached hydrogen (secondary N) is 2. The zero-order valence-corrected chi connectivity index (χ0v) is 17.5. The highest BCUT2D eigenvalue weighted by Crippen LogP contribution is 2.29. The van der Waals surface area contributed by atoms with Crippen molar-refractivity contribution in [1.82, 2.24) is 10.6 Å². The molecule has 1 aromatic carbocycles. The molecule has 0 bridgehead atoms. The molecule has 0 atom stereocenters.